The summed E-state index contributed by atoms with van der Waals surface area (Å²) in [6.07, 6.45) is 9.50. The molecule has 0 spiro atoms. The lowest BCUT2D eigenvalue weighted by Gasteiger charge is -2.24. The number of hydrogen-bond donors (Lipinski definition) is 6. The summed E-state index contributed by atoms with van der Waals surface area (Å²) in [6.45, 7) is 30.0. The molecule has 112 heavy (non-hydrogen) atoms. The number of aromatic nitrogens is 8. The van der Waals surface area contributed by atoms with Crippen LogP contribution in [0.3, 0.4) is 0 Å². The number of esters is 4. The Balaban J connectivity index is 1.28. The number of aromatic amines is 2. The molecule has 0 aliphatic carbocycles. The molecule has 6 N–H and O–H groups in total. The largest absolute Gasteiger partial charge is 0.464 e. The van der Waals surface area contributed by atoms with Gasteiger partial charge in [0.25, 0.3) is 23.6 Å². The Morgan fingerprint density at radius 3 is 0.812 bits per heavy atom. The number of benzene rings is 4. The van der Waals surface area contributed by atoms with Gasteiger partial charge in [0, 0.05) is 66.1 Å². The van der Waals surface area contributed by atoms with Crippen LogP contribution in [0.2, 0.25) is 0 Å². The van der Waals surface area contributed by atoms with Crippen LogP contribution in [0.4, 0.5) is 0 Å². The summed E-state index contributed by atoms with van der Waals surface area (Å²) in [5.41, 5.74) is -0.302. The van der Waals surface area contributed by atoms with E-state index in [0.717, 1.165) is 51.4 Å². The van der Waals surface area contributed by atoms with E-state index in [1.54, 1.807) is 72.8 Å². The van der Waals surface area contributed by atoms with Gasteiger partial charge in [-0.1, -0.05) is 79.1 Å². The Morgan fingerprint density at radius 1 is 0.312 bits per heavy atom. The molecule has 0 saturated carbocycles. The fourth-order valence-corrected chi connectivity index (χ4v) is 11.8. The SMILES string of the molecule is CCCCCOC(=O)C(COC(C)(C)C)NC(=O)c1ccc2c(c1)-c1nc-2nc2[nH]c(nc3nc(nc4[nH]c(n1)c1ccc(C(=O)NC(COC(C)(C)C)C(=O)OCCCCC)cc41)-c1ccc(C(=O)NC(COC(C)(C)C)C(=O)OCCCCC)cc1-3)c1ccc(C(=O)NC(COC(C)(C)C)C(=O)OCCCCC)cc21. The van der Waals surface area contributed by atoms with Crippen molar-refractivity contribution < 1.29 is 76.3 Å². The monoisotopic (exact) mass is 1540 g/mol. The predicted molar refractivity (Wildman–Crippen MR) is 426 cm³/mol. The molecule has 0 radical (unpaired) electrons. The number of carbonyl (C=O) groups is 8. The molecule has 4 amide bonds. The lowest BCUT2D eigenvalue weighted by atomic mass is 10.0. The number of rotatable bonds is 36. The van der Waals surface area contributed by atoms with Crippen LogP contribution in [0.25, 0.3) is 89.7 Å². The quantitative estimate of drug-likeness (QED) is 0.0121. The summed E-state index contributed by atoms with van der Waals surface area (Å²) in [6, 6.07) is 14.4. The van der Waals surface area contributed by atoms with E-state index in [9.17, 15) is 38.4 Å². The van der Waals surface area contributed by atoms with Crippen molar-refractivity contribution in [2.24, 2.45) is 0 Å². The average Bonchev–Trinajstić information content (AvgIpc) is 1.60. The Kier molecular flexibility index (Phi) is 29.4. The molecule has 0 saturated heterocycles. The van der Waals surface area contributed by atoms with E-state index in [0.29, 0.717) is 69.5 Å². The number of nitrogens with zero attached hydrogens (tertiary/aromatic N) is 6. The van der Waals surface area contributed by atoms with Gasteiger partial charge >= 0.3 is 23.9 Å². The second kappa shape index (κ2) is 38.4. The van der Waals surface area contributed by atoms with Gasteiger partial charge in [-0.05, 0) is 182 Å². The van der Waals surface area contributed by atoms with Crippen LogP contribution >= 0.6 is 0 Å². The molecule has 3 aromatic heterocycles. The van der Waals surface area contributed by atoms with Crippen molar-refractivity contribution in [1.29, 1.82) is 0 Å². The van der Waals surface area contributed by atoms with Gasteiger partial charge in [0.05, 0.1) is 75.3 Å². The zero-order chi connectivity index (χ0) is 81.2. The van der Waals surface area contributed by atoms with E-state index in [1.165, 1.54) is 0 Å². The van der Waals surface area contributed by atoms with Crippen molar-refractivity contribution in [2.75, 3.05) is 52.9 Å². The minimum absolute atomic E-state index is 0.0435. The van der Waals surface area contributed by atoms with Gasteiger partial charge in [0.1, 0.15) is 22.6 Å². The zero-order valence-corrected chi connectivity index (χ0v) is 67.6. The van der Waals surface area contributed by atoms with Crippen LogP contribution in [-0.2, 0) is 57.1 Å². The highest BCUT2D eigenvalue weighted by molar-refractivity contribution is 6.11. The second-order valence-electron chi connectivity index (χ2n) is 31.9. The lowest BCUT2D eigenvalue weighted by molar-refractivity contribution is -0.150. The molecule has 28 nitrogen and oxygen atoms in total. The third-order valence-electron chi connectivity index (χ3n) is 17.9. The van der Waals surface area contributed by atoms with E-state index in [4.69, 9.17) is 67.8 Å². The molecule has 7 aromatic rings. The Bertz CT molecular complexity index is 4440. The van der Waals surface area contributed by atoms with Crippen LogP contribution < -0.4 is 21.3 Å². The van der Waals surface area contributed by atoms with Crippen molar-refractivity contribution in [3.8, 4) is 45.6 Å². The van der Waals surface area contributed by atoms with E-state index in [1.807, 2.05) is 111 Å². The molecule has 4 aromatic carbocycles. The second-order valence-corrected chi connectivity index (χ2v) is 31.9. The van der Waals surface area contributed by atoms with Gasteiger partial charge < -0.3 is 69.1 Å². The molecule has 9 rings (SSSR count). The maximum Gasteiger partial charge on any atom is 0.331 e. The number of fused-ring (bicyclic) bond motifs is 20. The van der Waals surface area contributed by atoms with Crippen LogP contribution in [0, 0.1) is 0 Å². The van der Waals surface area contributed by atoms with Gasteiger partial charge in [-0.3, -0.25) is 19.2 Å². The molecule has 5 heterocycles. The maximum atomic E-state index is 14.7. The molecule has 4 unspecified atom stereocenters. The van der Waals surface area contributed by atoms with Crippen LogP contribution in [-0.4, -0.2) is 187 Å². The zero-order valence-electron chi connectivity index (χ0n) is 67.6. The van der Waals surface area contributed by atoms with E-state index < -0.39 is 94.1 Å². The van der Waals surface area contributed by atoms with Crippen molar-refractivity contribution >= 4 is 91.6 Å². The minimum atomic E-state index is -1.20. The third kappa shape index (κ3) is 23.9. The van der Waals surface area contributed by atoms with E-state index >= 15 is 0 Å². The summed E-state index contributed by atoms with van der Waals surface area (Å²) in [7, 11) is 0. The summed E-state index contributed by atoms with van der Waals surface area (Å²) in [4.78, 5) is 152. The predicted octanol–water partition coefficient (Wildman–Crippen LogP) is 13.5. The van der Waals surface area contributed by atoms with Crippen molar-refractivity contribution in [3.63, 3.8) is 0 Å². The van der Waals surface area contributed by atoms with Crippen LogP contribution in [0.1, 0.15) is 229 Å². The number of ether oxygens (including phenoxy) is 8. The Morgan fingerprint density at radius 2 is 0.554 bits per heavy atom. The minimum Gasteiger partial charge on any atom is -0.464 e. The van der Waals surface area contributed by atoms with Crippen LogP contribution in [0.15, 0.2) is 72.8 Å². The van der Waals surface area contributed by atoms with E-state index in [-0.39, 0.29) is 121 Å². The van der Waals surface area contributed by atoms with Gasteiger partial charge in [-0.15, -0.1) is 0 Å². The van der Waals surface area contributed by atoms with Crippen molar-refractivity contribution in [1.82, 2.24) is 61.1 Å². The molecule has 602 valence electrons. The molecule has 4 atom stereocenters. The van der Waals surface area contributed by atoms with Crippen molar-refractivity contribution in [3.05, 3.63) is 95.1 Å². The fourth-order valence-electron chi connectivity index (χ4n) is 11.8. The number of amides is 4. The van der Waals surface area contributed by atoms with Crippen LogP contribution in [0.5, 0.6) is 0 Å². The van der Waals surface area contributed by atoms with Gasteiger partial charge in [-0.25, -0.2) is 49.1 Å². The first-order valence-electron chi connectivity index (χ1n) is 39.0. The number of H-pyrrole nitrogens is 2. The summed E-state index contributed by atoms with van der Waals surface area (Å²) < 4.78 is 46.9. The first-order valence-corrected chi connectivity index (χ1v) is 39.0. The molecule has 0 fully saturated rings. The molecule has 28 heteroatoms. The molecule has 2 aliphatic heterocycles. The molecule has 2 aliphatic rings. The first kappa shape index (κ1) is 85.8. The first-order chi connectivity index (χ1) is 53.1. The molecular weight excluding hydrogens is 1430 g/mol. The highest BCUT2D eigenvalue weighted by atomic mass is 16.6. The number of nitrogens with one attached hydrogen (secondary N) is 6. The summed E-state index contributed by atoms with van der Waals surface area (Å²) in [5, 5.41) is 12.9. The molecule has 8 bridgehead atoms. The van der Waals surface area contributed by atoms with Gasteiger partial charge in [-0.2, -0.15) is 0 Å². The van der Waals surface area contributed by atoms with Gasteiger partial charge in [0.15, 0.2) is 47.5 Å². The van der Waals surface area contributed by atoms with Crippen molar-refractivity contribution in [2.45, 2.75) is 234 Å². The highest BCUT2D eigenvalue weighted by Crippen LogP contribution is 2.39. The van der Waals surface area contributed by atoms with E-state index in [2.05, 4.69) is 31.2 Å². The lowest BCUT2D eigenvalue weighted by Crippen LogP contribution is -2.46. The van der Waals surface area contributed by atoms with Gasteiger partial charge in [0.2, 0.25) is 0 Å². The number of hydrogen-bond acceptors (Lipinski definition) is 22. The maximum absolute atomic E-state index is 14.7. The average molecular weight is 1540 g/mol. The Labute approximate surface area is 653 Å². The third-order valence-corrected chi connectivity index (χ3v) is 17.9. The Hall–Kier alpha value is -10.2. The number of carbonyl (C=O) groups excluding carboxylic acids is 8. The smallest absolute Gasteiger partial charge is 0.331 e. The standard InChI is InChI=1S/C84H110N12O16/c1-17-21-25-37-105-77(101)61(45-109-81(5,6)7)85-73(97)49-29-33-53-57(41-49)69-89-65(53)94-70-59-43-51(75(99)87-63(47-111-83(11,12)13)79(103)107-39-27-23-19-3)31-35-55(59)67(91-70)96-72-60-44-52(76(100)88-64(48-112-84(14,15)16)80(104)108-40-28-24-20-4)32-36-56(60)68(92-72)95-71-58-42-50(30-34-54(58)66(90-71)93-69)74(98)86-62(46-110-82(8,9)10)78(102)106-38-26-22-18-2/h29-36,41-44,61-64H,17-28,37-40,45-48H2,1-16H3,(H,85,97)(H,86,98)(H,87,99)(H,88,100)(H2,89,90,91,92,93,94,95,96). The molecular formula is C84H110N12O16. The summed E-state index contributed by atoms with van der Waals surface area (Å²) >= 11 is 0. The normalized spacial score (nSPS) is 13.3. The highest BCUT2D eigenvalue weighted by Gasteiger charge is 2.33. The fraction of sp³-hybridized carbons (Fsp3) is 0.524. The number of unbranched alkanes of at least 4 members (excludes halogenated alkanes) is 8. The summed E-state index contributed by atoms with van der Waals surface area (Å²) in [5.74, 6) is -5.01. The topological polar surface area (TPSA) is 367 Å².